The van der Waals surface area contributed by atoms with Gasteiger partial charge in [0.05, 0.1) is 0 Å². The Balaban J connectivity index is 0. The molecule has 0 aliphatic heterocycles. The summed E-state index contributed by atoms with van der Waals surface area (Å²) in [6.45, 7) is 4.28. The van der Waals surface area contributed by atoms with Crippen molar-refractivity contribution in [2.75, 3.05) is 39.3 Å². The Hall–Kier alpha value is -4.50. The molecule has 0 heterocycles. The molecule has 16 nitrogen and oxygen atoms in total. The van der Waals surface area contributed by atoms with Gasteiger partial charge in [-0.3, -0.25) is 38.4 Å². The summed E-state index contributed by atoms with van der Waals surface area (Å²) in [6.07, 6.45) is 7.17. The number of primary amides is 2. The van der Waals surface area contributed by atoms with Crippen molar-refractivity contribution in [3.8, 4) is 0 Å². The molecule has 286 valence electrons. The fraction of sp³-hybridized carbons (Fsp3) is 0.706. The Labute approximate surface area is 297 Å². The van der Waals surface area contributed by atoms with Gasteiger partial charge in [0.2, 0.25) is 47.3 Å². The number of nitrogens with zero attached hydrogens (tertiary/aromatic N) is 1. The number of carbonyl (C=O) groups is 8. The average Bonchev–Trinajstić information content (AvgIpc) is 3.84. The van der Waals surface area contributed by atoms with Crippen LogP contribution in [-0.2, 0) is 38.4 Å². The van der Waals surface area contributed by atoms with E-state index < -0.39 is 54.6 Å². The van der Waals surface area contributed by atoms with E-state index in [2.05, 4.69) is 26.6 Å². The fourth-order valence-corrected chi connectivity index (χ4v) is 4.94. The van der Waals surface area contributed by atoms with E-state index >= 15 is 0 Å². The Bertz CT molecular complexity index is 1170. The highest BCUT2D eigenvalue weighted by atomic mass is 16.2. The minimum absolute atomic E-state index is 0. The first-order valence-electron chi connectivity index (χ1n) is 16.6. The molecule has 1 rings (SSSR count). The summed E-state index contributed by atoms with van der Waals surface area (Å²) >= 11 is 0. The lowest BCUT2D eigenvalue weighted by atomic mass is 9.96. The van der Waals surface area contributed by atoms with Crippen LogP contribution in [0.25, 0.3) is 0 Å². The van der Waals surface area contributed by atoms with Gasteiger partial charge in [0, 0.05) is 57.9 Å². The van der Waals surface area contributed by atoms with Crippen LogP contribution in [0.5, 0.6) is 0 Å². The molecule has 1 aliphatic carbocycles. The summed E-state index contributed by atoms with van der Waals surface area (Å²) in [7, 11) is 0. The maximum absolute atomic E-state index is 13.1. The van der Waals surface area contributed by atoms with Crippen molar-refractivity contribution in [3.63, 3.8) is 0 Å². The third-order valence-electron chi connectivity index (χ3n) is 7.77. The molecule has 0 unspecified atom stereocenters. The van der Waals surface area contributed by atoms with Gasteiger partial charge >= 0.3 is 0 Å². The van der Waals surface area contributed by atoms with E-state index in [0.29, 0.717) is 69.5 Å². The van der Waals surface area contributed by atoms with Crippen molar-refractivity contribution in [2.24, 2.45) is 23.3 Å². The standard InChI is InChI=1S/C32H54N8O8.2CH4/c1-21(30(33)46)9-8-17-37-28(44)20-40(19-27(43)36-16-6-4-10-25(31(34)47)24-12-13-24)29(45)14-18-38-32(48)26(39-23(3)42)11-5-7-15-35-22(2)41;;/h9,24-26H,4-8,10-20H2,1-3H3,(H2,33,46)(H2,34,47)(H,35,41)(H,36,43)(H,37,44)(H,38,48)(H,39,42);2*1H4/t25-,26+;;/m1../s1. The van der Waals surface area contributed by atoms with E-state index in [4.69, 9.17) is 11.5 Å². The van der Waals surface area contributed by atoms with E-state index in [0.717, 1.165) is 17.7 Å². The number of amides is 8. The Morgan fingerprint density at radius 2 is 1.28 bits per heavy atom. The molecule has 16 heteroatoms. The van der Waals surface area contributed by atoms with Gasteiger partial charge in [-0.25, -0.2) is 0 Å². The molecule has 9 N–H and O–H groups in total. The van der Waals surface area contributed by atoms with E-state index in [-0.39, 0.29) is 52.1 Å². The summed E-state index contributed by atoms with van der Waals surface area (Å²) in [4.78, 5) is 97.8. The molecule has 0 spiro atoms. The van der Waals surface area contributed by atoms with Crippen LogP contribution in [0.2, 0.25) is 0 Å². The smallest absolute Gasteiger partial charge is 0.244 e. The number of nitrogens with two attached hydrogens (primary N) is 2. The van der Waals surface area contributed by atoms with Gasteiger partial charge in [-0.2, -0.15) is 0 Å². The molecular formula is C34H62N8O8. The van der Waals surface area contributed by atoms with Crippen molar-refractivity contribution in [3.05, 3.63) is 11.6 Å². The summed E-state index contributed by atoms with van der Waals surface area (Å²) < 4.78 is 0. The van der Waals surface area contributed by atoms with Crippen molar-refractivity contribution in [1.82, 2.24) is 31.5 Å². The first kappa shape index (κ1) is 47.6. The second-order valence-corrected chi connectivity index (χ2v) is 12.1. The minimum atomic E-state index is -0.836. The maximum Gasteiger partial charge on any atom is 0.244 e. The van der Waals surface area contributed by atoms with E-state index in [1.165, 1.54) is 13.8 Å². The van der Waals surface area contributed by atoms with Crippen LogP contribution in [0.1, 0.15) is 99.8 Å². The predicted octanol–water partition coefficient (Wildman–Crippen LogP) is 0.141. The summed E-state index contributed by atoms with van der Waals surface area (Å²) in [5.74, 6) is -3.25. The molecule has 0 aromatic rings. The highest BCUT2D eigenvalue weighted by Crippen LogP contribution is 2.39. The Morgan fingerprint density at radius 3 is 1.80 bits per heavy atom. The van der Waals surface area contributed by atoms with Gasteiger partial charge in [-0.15, -0.1) is 0 Å². The van der Waals surface area contributed by atoms with E-state index in [1.807, 2.05) is 0 Å². The topological polar surface area (TPSA) is 252 Å². The average molecular weight is 711 g/mol. The number of hydrogen-bond donors (Lipinski definition) is 7. The molecule has 8 amide bonds. The van der Waals surface area contributed by atoms with Crippen LogP contribution >= 0.6 is 0 Å². The highest BCUT2D eigenvalue weighted by Gasteiger charge is 2.34. The molecule has 0 bridgehead atoms. The lowest BCUT2D eigenvalue weighted by Crippen LogP contribution is -2.48. The SMILES string of the molecule is C.C.CC(=O)NCCCC[C@H](NC(C)=O)C(=O)NCCC(=O)N(CC(=O)NCCC=C(C)C(N)=O)CC(=O)NCCCC[C@@H](C(N)=O)C1CC1. The molecule has 1 fully saturated rings. The number of hydrogen-bond acceptors (Lipinski definition) is 8. The minimum Gasteiger partial charge on any atom is -0.369 e. The normalized spacial score (nSPS) is 13.2. The van der Waals surface area contributed by atoms with Crippen LogP contribution in [0, 0.1) is 11.8 Å². The van der Waals surface area contributed by atoms with E-state index in [9.17, 15) is 38.4 Å². The van der Waals surface area contributed by atoms with Crippen LogP contribution in [-0.4, -0.2) is 97.5 Å². The second kappa shape index (κ2) is 26.4. The lowest BCUT2D eigenvalue weighted by Gasteiger charge is -2.22. The highest BCUT2D eigenvalue weighted by molar-refractivity contribution is 5.91. The molecule has 1 aliphatic rings. The third-order valence-corrected chi connectivity index (χ3v) is 7.77. The molecule has 0 aromatic carbocycles. The van der Waals surface area contributed by atoms with Gasteiger partial charge in [0.1, 0.15) is 19.1 Å². The fourth-order valence-electron chi connectivity index (χ4n) is 4.94. The number of unbranched alkanes of at least 4 members (excludes halogenated alkanes) is 2. The van der Waals surface area contributed by atoms with Gasteiger partial charge in [0.25, 0.3) is 0 Å². The molecule has 1 saturated carbocycles. The summed E-state index contributed by atoms with van der Waals surface area (Å²) in [6, 6.07) is -0.836. The third kappa shape index (κ3) is 22.2. The molecule has 0 radical (unpaired) electrons. The number of rotatable bonds is 25. The zero-order valence-electron chi connectivity index (χ0n) is 28.5. The Kier molecular flexibility index (Phi) is 25.1. The van der Waals surface area contributed by atoms with Crippen molar-refractivity contribution in [2.45, 2.75) is 106 Å². The monoisotopic (exact) mass is 710 g/mol. The molecular weight excluding hydrogens is 648 g/mol. The van der Waals surface area contributed by atoms with Gasteiger partial charge in [-0.05, 0) is 64.2 Å². The summed E-state index contributed by atoms with van der Waals surface area (Å²) in [5.41, 5.74) is 11.0. The maximum atomic E-state index is 13.1. The lowest BCUT2D eigenvalue weighted by molar-refractivity contribution is -0.139. The van der Waals surface area contributed by atoms with E-state index in [1.54, 1.807) is 13.0 Å². The first-order valence-corrected chi connectivity index (χ1v) is 16.6. The number of nitrogens with one attached hydrogen (secondary N) is 5. The van der Waals surface area contributed by atoms with Crippen LogP contribution in [0.4, 0.5) is 0 Å². The van der Waals surface area contributed by atoms with Crippen LogP contribution < -0.4 is 38.1 Å². The van der Waals surface area contributed by atoms with Gasteiger partial charge in [0.15, 0.2) is 0 Å². The van der Waals surface area contributed by atoms with Crippen molar-refractivity contribution < 1.29 is 38.4 Å². The van der Waals surface area contributed by atoms with Crippen LogP contribution in [0.15, 0.2) is 11.6 Å². The quantitative estimate of drug-likeness (QED) is 0.0506. The molecule has 0 saturated heterocycles. The van der Waals surface area contributed by atoms with Crippen molar-refractivity contribution >= 4 is 47.3 Å². The molecule has 2 atom stereocenters. The van der Waals surface area contributed by atoms with Crippen LogP contribution in [0.3, 0.4) is 0 Å². The molecule has 50 heavy (non-hydrogen) atoms. The largest absolute Gasteiger partial charge is 0.369 e. The predicted molar refractivity (Wildman–Crippen MR) is 191 cm³/mol. The zero-order chi connectivity index (χ0) is 36.1. The first-order chi connectivity index (χ1) is 22.7. The van der Waals surface area contributed by atoms with Gasteiger partial charge < -0.3 is 43.0 Å². The second-order valence-electron chi connectivity index (χ2n) is 12.1. The van der Waals surface area contributed by atoms with Crippen molar-refractivity contribution in [1.29, 1.82) is 0 Å². The van der Waals surface area contributed by atoms with Gasteiger partial charge in [-0.1, -0.05) is 27.4 Å². The zero-order valence-corrected chi connectivity index (χ0v) is 28.5. The number of carbonyl (C=O) groups excluding carboxylic acids is 8. The Morgan fingerprint density at radius 1 is 0.720 bits per heavy atom. The molecule has 0 aromatic heterocycles. The summed E-state index contributed by atoms with van der Waals surface area (Å²) in [5, 5.41) is 13.3.